The molecule has 3 aromatic heterocycles. The van der Waals surface area contributed by atoms with Crippen LogP contribution in [0, 0.1) is 34.0 Å². The van der Waals surface area contributed by atoms with Gasteiger partial charge in [0.15, 0.2) is 17.5 Å². The summed E-state index contributed by atoms with van der Waals surface area (Å²) in [5, 5.41) is 34.9. The maximum absolute atomic E-state index is 11.1. The van der Waals surface area contributed by atoms with E-state index in [1.165, 1.54) is 0 Å². The van der Waals surface area contributed by atoms with Crippen molar-refractivity contribution in [3.63, 3.8) is 0 Å². The Morgan fingerprint density at radius 1 is 0.297 bits per heavy atom. The molecule has 0 aliphatic carbocycles. The van der Waals surface area contributed by atoms with Crippen molar-refractivity contribution in [3.05, 3.63) is 247 Å². The SMILES string of the molecule is N#Cc1cccc(-c2ccc3c(c2)c2ccccc2n3-c2ccc(C#N)c(-c3cc(-c4nc(-c5ccccc5)nc(-c5ccccc5)n4)ccc3-n3c4ccccc4c4cc(-c5cccc(C#N)c5)ccc43)c2)c1. The zero-order valence-electron chi connectivity index (χ0n) is 39.5. The third kappa shape index (κ3) is 7.42. The third-order valence-corrected chi connectivity index (χ3v) is 13.9. The average Bonchev–Trinajstić information content (AvgIpc) is 4.00. The number of aromatic nitrogens is 5. The Labute approximate surface area is 425 Å². The molecule has 0 N–H and O–H groups in total. The number of rotatable bonds is 8. The lowest BCUT2D eigenvalue weighted by molar-refractivity contribution is 1.07. The first-order valence-electron chi connectivity index (χ1n) is 24.2. The lowest BCUT2D eigenvalue weighted by Gasteiger charge is -2.18. The van der Waals surface area contributed by atoms with Gasteiger partial charge in [-0.3, -0.25) is 0 Å². The standard InChI is InChI=1S/C66H38N8/c67-39-42-13-11-19-46(33-42)48-26-30-61-56(35-48)53-21-7-9-23-59(53)73(61)52-29-25-51(41-69)55(38-52)58-37-50(66-71-64(44-15-3-1-4-16-44)70-65(72-66)45-17-5-2-6-18-45)28-32-63(58)74-60-24-10-8-22-54(60)57-36-49(27-31-62(57)74)47-20-12-14-43(34-47)40-68/h1-38H. The highest BCUT2D eigenvalue weighted by molar-refractivity contribution is 6.12. The zero-order chi connectivity index (χ0) is 49.7. The van der Waals surface area contributed by atoms with Crippen LogP contribution in [-0.4, -0.2) is 24.1 Å². The van der Waals surface area contributed by atoms with Crippen molar-refractivity contribution < 1.29 is 0 Å². The van der Waals surface area contributed by atoms with E-state index in [9.17, 15) is 15.8 Å². The van der Waals surface area contributed by atoms with Crippen molar-refractivity contribution >= 4 is 43.6 Å². The van der Waals surface area contributed by atoms with Crippen LogP contribution in [0.1, 0.15) is 16.7 Å². The minimum absolute atomic E-state index is 0.491. The van der Waals surface area contributed by atoms with Gasteiger partial charge < -0.3 is 9.13 Å². The normalized spacial score (nSPS) is 11.2. The Hall–Kier alpha value is -10.7. The number of hydrogen-bond acceptors (Lipinski definition) is 6. The molecule has 3 heterocycles. The van der Waals surface area contributed by atoms with Gasteiger partial charge in [-0.15, -0.1) is 0 Å². The smallest absolute Gasteiger partial charge is 0.164 e. The number of hydrogen-bond donors (Lipinski definition) is 0. The van der Waals surface area contributed by atoms with Gasteiger partial charge in [0.2, 0.25) is 0 Å². The first-order chi connectivity index (χ1) is 36.5. The van der Waals surface area contributed by atoms with Crippen molar-refractivity contribution in [1.29, 1.82) is 15.8 Å². The molecule has 0 aliphatic rings. The molecule has 0 saturated carbocycles. The number of para-hydroxylation sites is 2. The second-order valence-corrected chi connectivity index (χ2v) is 18.2. The van der Waals surface area contributed by atoms with E-state index in [-0.39, 0.29) is 0 Å². The maximum atomic E-state index is 11.1. The highest BCUT2D eigenvalue weighted by atomic mass is 15.0. The molecule has 0 aliphatic heterocycles. The molecule has 0 amide bonds. The van der Waals surface area contributed by atoms with E-state index in [1.807, 2.05) is 121 Å². The van der Waals surface area contributed by atoms with Gasteiger partial charge in [0.05, 0.1) is 62.7 Å². The lowest BCUT2D eigenvalue weighted by atomic mass is 9.95. The van der Waals surface area contributed by atoms with Crippen LogP contribution in [-0.2, 0) is 0 Å². The number of nitriles is 3. The molecule has 74 heavy (non-hydrogen) atoms. The van der Waals surface area contributed by atoms with Gasteiger partial charge in [-0.2, -0.15) is 15.8 Å². The Kier molecular flexibility index (Phi) is 10.5. The highest BCUT2D eigenvalue weighted by Gasteiger charge is 2.22. The van der Waals surface area contributed by atoms with E-state index >= 15 is 0 Å². The van der Waals surface area contributed by atoms with Gasteiger partial charge in [0.1, 0.15) is 0 Å². The van der Waals surface area contributed by atoms with Crippen LogP contribution in [0.4, 0.5) is 0 Å². The minimum atomic E-state index is 0.491. The van der Waals surface area contributed by atoms with Crippen LogP contribution in [0.15, 0.2) is 231 Å². The predicted molar refractivity (Wildman–Crippen MR) is 295 cm³/mol. The molecule has 10 aromatic carbocycles. The summed E-state index contributed by atoms with van der Waals surface area (Å²) in [5.41, 5.74) is 15.4. The number of benzene rings is 10. The van der Waals surface area contributed by atoms with Gasteiger partial charge in [0, 0.05) is 55.0 Å². The molecule has 8 nitrogen and oxygen atoms in total. The van der Waals surface area contributed by atoms with Crippen LogP contribution in [0.3, 0.4) is 0 Å². The molecule has 0 bridgehead atoms. The first kappa shape index (κ1) is 43.3. The van der Waals surface area contributed by atoms with Gasteiger partial charge in [0.25, 0.3) is 0 Å². The fourth-order valence-electron chi connectivity index (χ4n) is 10.4. The lowest BCUT2D eigenvalue weighted by Crippen LogP contribution is -2.03. The molecule has 342 valence electrons. The molecule has 0 atom stereocenters. The summed E-state index contributed by atoms with van der Waals surface area (Å²) >= 11 is 0. The molecule has 0 unspecified atom stereocenters. The largest absolute Gasteiger partial charge is 0.309 e. The molecular weight excluding hydrogens is 905 g/mol. The molecule has 0 fully saturated rings. The summed E-state index contributed by atoms with van der Waals surface area (Å²) in [6.07, 6.45) is 0. The van der Waals surface area contributed by atoms with E-state index < -0.39 is 0 Å². The zero-order valence-corrected chi connectivity index (χ0v) is 39.5. The summed E-state index contributed by atoms with van der Waals surface area (Å²) in [7, 11) is 0. The topological polar surface area (TPSA) is 120 Å². The summed E-state index contributed by atoms with van der Waals surface area (Å²) < 4.78 is 4.55. The third-order valence-electron chi connectivity index (χ3n) is 13.9. The van der Waals surface area contributed by atoms with E-state index in [0.717, 1.165) is 105 Å². The fraction of sp³-hybridized carbons (Fsp3) is 0. The number of fused-ring (bicyclic) bond motifs is 6. The molecule has 0 saturated heterocycles. The Morgan fingerprint density at radius 3 is 1.31 bits per heavy atom. The van der Waals surface area contributed by atoms with Gasteiger partial charge in [-0.25, -0.2) is 15.0 Å². The van der Waals surface area contributed by atoms with Crippen molar-refractivity contribution in [3.8, 4) is 97.1 Å². The summed E-state index contributed by atoms with van der Waals surface area (Å²) in [6.45, 7) is 0. The Bertz CT molecular complexity index is 4470. The van der Waals surface area contributed by atoms with Crippen molar-refractivity contribution in [2.75, 3.05) is 0 Å². The molecule has 0 radical (unpaired) electrons. The van der Waals surface area contributed by atoms with E-state index in [1.54, 1.807) is 0 Å². The van der Waals surface area contributed by atoms with Crippen molar-refractivity contribution in [1.82, 2.24) is 24.1 Å². The fourth-order valence-corrected chi connectivity index (χ4v) is 10.4. The average molecular weight is 943 g/mol. The highest BCUT2D eigenvalue weighted by Crippen LogP contribution is 2.42. The summed E-state index contributed by atoms with van der Waals surface area (Å²) in [5.74, 6) is 1.58. The van der Waals surface area contributed by atoms with E-state index in [0.29, 0.717) is 34.2 Å². The van der Waals surface area contributed by atoms with Crippen LogP contribution < -0.4 is 0 Å². The predicted octanol–water partition coefficient (Wildman–Crippen LogP) is 15.7. The molecule has 13 rings (SSSR count). The molecular formula is C66H38N8. The monoisotopic (exact) mass is 942 g/mol. The van der Waals surface area contributed by atoms with Gasteiger partial charge >= 0.3 is 0 Å². The van der Waals surface area contributed by atoms with E-state index in [2.05, 4.69) is 137 Å². The van der Waals surface area contributed by atoms with Crippen molar-refractivity contribution in [2.24, 2.45) is 0 Å². The molecule has 0 spiro atoms. The Balaban J connectivity index is 1.07. The summed E-state index contributed by atoms with van der Waals surface area (Å²) in [4.78, 5) is 15.3. The second-order valence-electron chi connectivity index (χ2n) is 18.2. The Morgan fingerprint density at radius 2 is 0.757 bits per heavy atom. The van der Waals surface area contributed by atoms with Crippen LogP contribution >= 0.6 is 0 Å². The minimum Gasteiger partial charge on any atom is -0.309 e. The summed E-state index contributed by atoms with van der Waals surface area (Å²) in [6, 6.07) is 84.5. The van der Waals surface area contributed by atoms with Gasteiger partial charge in [-0.1, -0.05) is 133 Å². The van der Waals surface area contributed by atoms with Crippen molar-refractivity contribution in [2.45, 2.75) is 0 Å². The maximum Gasteiger partial charge on any atom is 0.164 e. The first-order valence-corrected chi connectivity index (χ1v) is 24.2. The quantitative estimate of drug-likeness (QED) is 0.150. The van der Waals surface area contributed by atoms with Crippen LogP contribution in [0.5, 0.6) is 0 Å². The van der Waals surface area contributed by atoms with Gasteiger partial charge in [-0.05, 0) is 119 Å². The number of nitrogens with zero attached hydrogens (tertiary/aromatic N) is 8. The second kappa shape index (κ2) is 17.9. The van der Waals surface area contributed by atoms with E-state index in [4.69, 9.17) is 15.0 Å². The van der Waals surface area contributed by atoms with Crippen LogP contribution in [0.25, 0.3) is 123 Å². The van der Waals surface area contributed by atoms with Crippen LogP contribution in [0.2, 0.25) is 0 Å². The molecule has 8 heteroatoms. The molecule has 13 aromatic rings.